The summed E-state index contributed by atoms with van der Waals surface area (Å²) in [6.07, 6.45) is 4.23. The summed E-state index contributed by atoms with van der Waals surface area (Å²) >= 11 is 3.55. The Hall–Kier alpha value is -2.15. The van der Waals surface area contributed by atoms with Crippen molar-refractivity contribution in [2.75, 3.05) is 20.3 Å². The monoisotopic (exact) mass is 471 g/mol. The zero-order chi connectivity index (χ0) is 21.1. The Morgan fingerprint density at radius 2 is 1.90 bits per heavy atom. The van der Waals surface area contributed by atoms with Crippen LogP contribution in [0.5, 0.6) is 5.75 Å². The Labute approximate surface area is 185 Å². The van der Waals surface area contributed by atoms with E-state index >= 15 is 0 Å². The largest absolute Gasteiger partial charge is 0.497 e. The van der Waals surface area contributed by atoms with Gasteiger partial charge in [0.2, 0.25) is 0 Å². The van der Waals surface area contributed by atoms with Gasteiger partial charge in [-0.25, -0.2) is 0 Å². The summed E-state index contributed by atoms with van der Waals surface area (Å²) in [5.41, 5.74) is 3.77. The minimum atomic E-state index is -0.512. The van der Waals surface area contributed by atoms with Crippen LogP contribution in [0.2, 0.25) is 0 Å². The number of halogens is 1. The first-order valence-corrected chi connectivity index (χ1v) is 11.0. The summed E-state index contributed by atoms with van der Waals surface area (Å²) < 4.78 is 17.7. The molecule has 0 N–H and O–H groups in total. The lowest BCUT2D eigenvalue weighted by molar-refractivity contribution is -0.162. The lowest BCUT2D eigenvalue weighted by Gasteiger charge is -2.35. The number of carbonyl (C=O) groups excluding carboxylic acids is 1. The summed E-state index contributed by atoms with van der Waals surface area (Å²) in [6, 6.07) is 13.7. The maximum atomic E-state index is 13.6. The average Bonchev–Trinajstić information content (AvgIpc) is 3.22. The van der Waals surface area contributed by atoms with E-state index in [0.29, 0.717) is 31.7 Å². The first kappa shape index (κ1) is 21.1. The van der Waals surface area contributed by atoms with E-state index in [0.717, 1.165) is 39.9 Å². The number of hydrogen-bond acceptors (Lipinski definition) is 4. The van der Waals surface area contributed by atoms with Crippen LogP contribution in [0.15, 0.2) is 58.7 Å². The third-order valence-electron chi connectivity index (χ3n) is 5.67. The van der Waals surface area contributed by atoms with Crippen LogP contribution in [0.25, 0.3) is 0 Å². The highest BCUT2D eigenvalue weighted by Gasteiger charge is 2.39. The lowest BCUT2D eigenvalue weighted by Crippen LogP contribution is -2.37. The van der Waals surface area contributed by atoms with Gasteiger partial charge in [0.05, 0.1) is 32.4 Å². The van der Waals surface area contributed by atoms with Crippen LogP contribution in [0.4, 0.5) is 0 Å². The maximum Gasteiger partial charge on any atom is 0.259 e. The Morgan fingerprint density at radius 3 is 2.53 bits per heavy atom. The summed E-state index contributed by atoms with van der Waals surface area (Å²) in [5.74, 6) is 0.270. The first-order chi connectivity index (χ1) is 14.5. The quantitative estimate of drug-likeness (QED) is 0.599. The smallest absolute Gasteiger partial charge is 0.259 e. The predicted octanol–water partition coefficient (Wildman–Crippen LogP) is 5.22. The van der Waals surface area contributed by atoms with Crippen LogP contribution in [0.1, 0.15) is 40.7 Å². The van der Waals surface area contributed by atoms with E-state index in [9.17, 15) is 4.79 Å². The van der Waals surface area contributed by atoms with Crippen molar-refractivity contribution in [2.24, 2.45) is 0 Å². The standard InChI is InChI=1S/C24H26BrNO4/c1-17-3-8-22(25)21(15-17)23(27)26(16-18-4-6-20(28-2)7-5-18)19-9-11-24(12-10-19)29-13-14-30-24/h3-9,15H,10-14,16H2,1-2H3. The third-order valence-corrected chi connectivity index (χ3v) is 6.36. The van der Waals surface area contributed by atoms with Crippen molar-refractivity contribution in [3.63, 3.8) is 0 Å². The summed E-state index contributed by atoms with van der Waals surface area (Å²) in [4.78, 5) is 15.5. The van der Waals surface area contributed by atoms with Gasteiger partial charge in [0, 0.05) is 23.0 Å². The molecule has 0 saturated carbocycles. The predicted molar refractivity (Wildman–Crippen MR) is 118 cm³/mol. The molecule has 2 aliphatic rings. The highest BCUT2D eigenvalue weighted by atomic mass is 79.9. The van der Waals surface area contributed by atoms with E-state index in [1.165, 1.54) is 0 Å². The second-order valence-corrected chi connectivity index (χ2v) is 8.58. The van der Waals surface area contributed by atoms with Gasteiger partial charge in [-0.05, 0) is 59.1 Å². The molecule has 5 nitrogen and oxygen atoms in total. The van der Waals surface area contributed by atoms with Crippen molar-refractivity contribution < 1.29 is 19.0 Å². The molecule has 0 bridgehead atoms. The molecule has 158 valence electrons. The zero-order valence-corrected chi connectivity index (χ0v) is 18.9. The van der Waals surface area contributed by atoms with Gasteiger partial charge in [-0.15, -0.1) is 0 Å². The number of benzene rings is 2. The molecule has 1 amide bonds. The minimum Gasteiger partial charge on any atom is -0.497 e. The molecule has 6 heteroatoms. The van der Waals surface area contributed by atoms with E-state index in [1.807, 2.05) is 54.3 Å². The van der Waals surface area contributed by atoms with Gasteiger partial charge in [-0.1, -0.05) is 29.8 Å². The number of nitrogens with zero attached hydrogens (tertiary/aromatic N) is 1. The SMILES string of the molecule is COc1ccc(CN(C(=O)c2cc(C)ccc2Br)C2=CCC3(CC2)OCCO3)cc1. The molecular weight excluding hydrogens is 446 g/mol. The van der Waals surface area contributed by atoms with Gasteiger partial charge in [0.25, 0.3) is 5.91 Å². The molecule has 0 unspecified atom stereocenters. The number of amides is 1. The highest BCUT2D eigenvalue weighted by Crippen LogP contribution is 2.37. The van der Waals surface area contributed by atoms with Crippen LogP contribution >= 0.6 is 15.9 Å². The summed E-state index contributed by atoms with van der Waals surface area (Å²) in [5, 5.41) is 0. The van der Waals surface area contributed by atoms with E-state index in [1.54, 1.807) is 7.11 Å². The fraction of sp³-hybridized carbons (Fsp3) is 0.375. The Kier molecular flexibility index (Phi) is 6.27. The summed E-state index contributed by atoms with van der Waals surface area (Å²) in [7, 11) is 1.65. The fourth-order valence-corrected chi connectivity index (χ4v) is 4.38. The molecule has 4 rings (SSSR count). The van der Waals surface area contributed by atoms with Crippen LogP contribution in [-0.2, 0) is 16.0 Å². The van der Waals surface area contributed by atoms with Crippen molar-refractivity contribution in [2.45, 2.75) is 38.5 Å². The number of rotatable bonds is 5. The first-order valence-electron chi connectivity index (χ1n) is 10.2. The van der Waals surface area contributed by atoms with E-state index in [2.05, 4.69) is 22.0 Å². The number of allylic oxidation sites excluding steroid dienone is 1. The van der Waals surface area contributed by atoms with Crippen molar-refractivity contribution in [1.29, 1.82) is 0 Å². The molecule has 1 aliphatic heterocycles. The molecule has 1 saturated heterocycles. The second-order valence-electron chi connectivity index (χ2n) is 7.73. The Morgan fingerprint density at radius 1 is 1.17 bits per heavy atom. The number of carbonyl (C=O) groups is 1. The lowest BCUT2D eigenvalue weighted by atomic mass is 9.96. The number of ether oxygens (including phenoxy) is 3. The molecular formula is C24H26BrNO4. The Balaban J connectivity index is 1.64. The fourth-order valence-electron chi connectivity index (χ4n) is 3.97. The molecule has 0 aromatic heterocycles. The molecule has 1 spiro atoms. The number of hydrogen-bond donors (Lipinski definition) is 0. The zero-order valence-electron chi connectivity index (χ0n) is 17.3. The molecule has 1 heterocycles. The topological polar surface area (TPSA) is 48.0 Å². The highest BCUT2D eigenvalue weighted by molar-refractivity contribution is 9.10. The van der Waals surface area contributed by atoms with Crippen LogP contribution in [0.3, 0.4) is 0 Å². The van der Waals surface area contributed by atoms with Crippen LogP contribution in [-0.4, -0.2) is 36.9 Å². The van der Waals surface area contributed by atoms with Crippen molar-refractivity contribution in [3.8, 4) is 5.75 Å². The van der Waals surface area contributed by atoms with Gasteiger partial charge in [-0.2, -0.15) is 0 Å². The van der Waals surface area contributed by atoms with Gasteiger partial charge in [-0.3, -0.25) is 4.79 Å². The van der Waals surface area contributed by atoms with Crippen LogP contribution < -0.4 is 4.74 Å². The molecule has 1 fully saturated rings. The van der Waals surface area contributed by atoms with Gasteiger partial charge in [0.1, 0.15) is 5.75 Å². The second kappa shape index (κ2) is 8.92. The number of methoxy groups -OCH3 is 1. The van der Waals surface area contributed by atoms with Gasteiger partial charge >= 0.3 is 0 Å². The van der Waals surface area contributed by atoms with E-state index in [4.69, 9.17) is 14.2 Å². The molecule has 2 aromatic rings. The van der Waals surface area contributed by atoms with E-state index in [-0.39, 0.29) is 5.91 Å². The van der Waals surface area contributed by atoms with Gasteiger partial charge < -0.3 is 19.1 Å². The van der Waals surface area contributed by atoms with Crippen LogP contribution in [0, 0.1) is 6.92 Å². The minimum absolute atomic E-state index is 0.0168. The molecule has 0 atom stereocenters. The number of aryl methyl sites for hydroxylation is 1. The summed E-state index contributed by atoms with van der Waals surface area (Å²) in [6.45, 7) is 3.75. The molecule has 30 heavy (non-hydrogen) atoms. The van der Waals surface area contributed by atoms with Gasteiger partial charge in [0.15, 0.2) is 5.79 Å². The normalized spacial score (nSPS) is 17.6. The average molecular weight is 472 g/mol. The maximum absolute atomic E-state index is 13.6. The molecule has 1 aliphatic carbocycles. The van der Waals surface area contributed by atoms with E-state index < -0.39 is 5.79 Å². The molecule has 2 aromatic carbocycles. The molecule has 0 radical (unpaired) electrons. The van der Waals surface area contributed by atoms with Crippen molar-refractivity contribution in [1.82, 2.24) is 4.90 Å². The van der Waals surface area contributed by atoms with Crippen molar-refractivity contribution >= 4 is 21.8 Å². The van der Waals surface area contributed by atoms with Crippen molar-refractivity contribution in [3.05, 3.63) is 75.4 Å². The third kappa shape index (κ3) is 4.46. The Bertz CT molecular complexity index is 948.